The van der Waals surface area contributed by atoms with E-state index in [1.165, 1.54) is 0 Å². The normalized spacial score (nSPS) is 12.8. The molecular weight excluding hydrogens is 362 g/mol. The minimum Gasteiger partial charge on any atom is -0.375 e. The second-order valence-electron chi connectivity index (χ2n) is 10.0. The van der Waals surface area contributed by atoms with Crippen LogP contribution in [0.4, 0.5) is 5.69 Å². The summed E-state index contributed by atoms with van der Waals surface area (Å²) < 4.78 is 12.2. The van der Waals surface area contributed by atoms with Gasteiger partial charge >= 0.3 is 0 Å². The lowest BCUT2D eigenvalue weighted by Gasteiger charge is -2.33. The quantitative estimate of drug-likeness (QED) is 0.387. The van der Waals surface area contributed by atoms with Gasteiger partial charge in [0.05, 0.1) is 18.8 Å². The first kappa shape index (κ1) is 25.6. The molecule has 0 spiro atoms. The minimum atomic E-state index is -0.783. The van der Waals surface area contributed by atoms with Gasteiger partial charge in [-0.15, -0.1) is 0 Å². The summed E-state index contributed by atoms with van der Waals surface area (Å²) in [5.74, 6) is 0.128. The molecule has 0 atom stereocenters. The SMILES string of the molecule is CCCC(C)(C)COC(C)(C)CCOC(C)(C)C(=O)CCN(C)c1ccccc1. The fraction of sp³-hybridized carbons (Fsp3) is 0.720. The van der Waals surface area contributed by atoms with Crippen LogP contribution >= 0.6 is 0 Å². The Morgan fingerprint density at radius 2 is 1.59 bits per heavy atom. The third kappa shape index (κ3) is 9.77. The molecule has 0 aliphatic carbocycles. The standard InChI is InChI=1S/C25H43NO3/c1-9-16-23(2,3)20-29-24(4,5)17-19-28-25(6,7)22(27)15-18-26(8)21-13-11-10-12-14-21/h10-14H,9,15-20H2,1-8H3. The number of benzene rings is 1. The van der Waals surface area contributed by atoms with E-state index in [0.29, 0.717) is 19.6 Å². The number of carbonyl (C=O) groups is 1. The molecule has 1 rings (SSSR count). The van der Waals surface area contributed by atoms with E-state index in [4.69, 9.17) is 9.47 Å². The molecular formula is C25H43NO3. The lowest BCUT2D eigenvalue weighted by Crippen LogP contribution is -2.39. The van der Waals surface area contributed by atoms with Crippen LogP contribution in [0.25, 0.3) is 0 Å². The zero-order valence-corrected chi connectivity index (χ0v) is 20.0. The monoisotopic (exact) mass is 405 g/mol. The van der Waals surface area contributed by atoms with Crippen molar-refractivity contribution in [3.63, 3.8) is 0 Å². The second-order valence-corrected chi connectivity index (χ2v) is 10.0. The van der Waals surface area contributed by atoms with Gasteiger partial charge in [0.15, 0.2) is 5.78 Å². The Bertz CT molecular complexity index is 608. The molecule has 0 amide bonds. The molecule has 0 aromatic heterocycles. The zero-order chi connectivity index (χ0) is 22.1. The maximum absolute atomic E-state index is 12.7. The molecule has 0 bridgehead atoms. The molecule has 0 saturated carbocycles. The lowest BCUT2D eigenvalue weighted by molar-refractivity contribution is -0.143. The maximum Gasteiger partial charge on any atom is 0.165 e. The molecule has 0 radical (unpaired) electrons. The molecule has 0 aliphatic rings. The molecule has 1 aromatic rings. The number of anilines is 1. The Morgan fingerprint density at radius 3 is 2.17 bits per heavy atom. The highest BCUT2D eigenvalue weighted by molar-refractivity contribution is 5.86. The maximum atomic E-state index is 12.7. The van der Waals surface area contributed by atoms with Crippen LogP contribution in [-0.4, -0.2) is 43.8 Å². The van der Waals surface area contributed by atoms with Crippen molar-refractivity contribution >= 4 is 11.5 Å². The van der Waals surface area contributed by atoms with Crippen LogP contribution in [0.3, 0.4) is 0 Å². The van der Waals surface area contributed by atoms with Crippen LogP contribution < -0.4 is 4.90 Å². The molecule has 1 aromatic carbocycles. The first-order chi connectivity index (χ1) is 13.4. The summed E-state index contributed by atoms with van der Waals surface area (Å²) in [6, 6.07) is 10.1. The number of hydrogen-bond donors (Lipinski definition) is 0. The Balaban J connectivity index is 2.42. The Kier molecular flexibility index (Phi) is 9.84. The fourth-order valence-corrected chi connectivity index (χ4v) is 3.23. The average molecular weight is 406 g/mol. The van der Waals surface area contributed by atoms with Gasteiger partial charge in [0.25, 0.3) is 0 Å². The Morgan fingerprint density at radius 1 is 0.966 bits per heavy atom. The van der Waals surface area contributed by atoms with Crippen molar-refractivity contribution in [1.82, 2.24) is 0 Å². The van der Waals surface area contributed by atoms with E-state index in [1.807, 2.05) is 39.1 Å². The zero-order valence-electron chi connectivity index (χ0n) is 20.0. The summed E-state index contributed by atoms with van der Waals surface area (Å²) in [7, 11) is 2.01. The first-order valence-corrected chi connectivity index (χ1v) is 11.0. The van der Waals surface area contributed by atoms with Gasteiger partial charge in [-0.05, 0) is 58.1 Å². The van der Waals surface area contributed by atoms with Crippen molar-refractivity contribution in [2.24, 2.45) is 5.41 Å². The third-order valence-corrected chi connectivity index (χ3v) is 5.49. The van der Waals surface area contributed by atoms with E-state index in [1.54, 1.807) is 0 Å². The van der Waals surface area contributed by atoms with E-state index in [9.17, 15) is 4.79 Å². The van der Waals surface area contributed by atoms with Crippen molar-refractivity contribution in [2.45, 2.75) is 85.4 Å². The minimum absolute atomic E-state index is 0.128. The van der Waals surface area contributed by atoms with Crippen LogP contribution in [0.1, 0.15) is 74.1 Å². The topological polar surface area (TPSA) is 38.8 Å². The molecule has 4 nitrogen and oxygen atoms in total. The van der Waals surface area contributed by atoms with Crippen LogP contribution in [0, 0.1) is 5.41 Å². The highest BCUT2D eigenvalue weighted by Crippen LogP contribution is 2.27. The van der Waals surface area contributed by atoms with Gasteiger partial charge in [-0.3, -0.25) is 4.79 Å². The molecule has 29 heavy (non-hydrogen) atoms. The lowest BCUT2D eigenvalue weighted by atomic mass is 9.89. The van der Waals surface area contributed by atoms with Gasteiger partial charge in [-0.25, -0.2) is 0 Å². The number of carbonyl (C=O) groups excluding carboxylic acids is 1. The molecule has 0 aliphatic heterocycles. The number of hydrogen-bond acceptors (Lipinski definition) is 4. The summed E-state index contributed by atoms with van der Waals surface area (Å²) in [6.07, 6.45) is 3.54. The largest absolute Gasteiger partial charge is 0.375 e. The predicted molar refractivity (Wildman–Crippen MR) is 123 cm³/mol. The van der Waals surface area contributed by atoms with Crippen LogP contribution in [0.15, 0.2) is 30.3 Å². The fourth-order valence-electron chi connectivity index (χ4n) is 3.23. The van der Waals surface area contributed by atoms with Gasteiger partial charge in [0.1, 0.15) is 5.60 Å². The first-order valence-electron chi connectivity index (χ1n) is 11.0. The van der Waals surface area contributed by atoms with Crippen molar-refractivity contribution in [2.75, 3.05) is 31.7 Å². The van der Waals surface area contributed by atoms with Crippen LogP contribution in [0.2, 0.25) is 0 Å². The number of nitrogens with zero attached hydrogens (tertiary/aromatic N) is 1. The van der Waals surface area contributed by atoms with E-state index in [-0.39, 0.29) is 16.8 Å². The van der Waals surface area contributed by atoms with E-state index < -0.39 is 5.60 Å². The molecule has 0 N–H and O–H groups in total. The summed E-state index contributed by atoms with van der Waals surface area (Å²) >= 11 is 0. The summed E-state index contributed by atoms with van der Waals surface area (Å²) in [5, 5.41) is 0. The van der Waals surface area contributed by atoms with Crippen molar-refractivity contribution in [3.8, 4) is 0 Å². The highest BCUT2D eigenvalue weighted by Gasteiger charge is 2.30. The van der Waals surface area contributed by atoms with Crippen molar-refractivity contribution < 1.29 is 14.3 Å². The average Bonchev–Trinajstić information content (AvgIpc) is 2.64. The molecule has 166 valence electrons. The van der Waals surface area contributed by atoms with Gasteiger partial charge < -0.3 is 14.4 Å². The number of ketones is 1. The molecule has 0 heterocycles. The summed E-state index contributed by atoms with van der Waals surface area (Å²) in [5.41, 5.74) is 0.253. The number of para-hydroxylation sites is 1. The smallest absolute Gasteiger partial charge is 0.165 e. The highest BCUT2D eigenvalue weighted by atomic mass is 16.5. The predicted octanol–water partition coefficient (Wildman–Crippen LogP) is 5.89. The van der Waals surface area contributed by atoms with Gasteiger partial charge in [-0.2, -0.15) is 0 Å². The van der Waals surface area contributed by atoms with Crippen molar-refractivity contribution in [3.05, 3.63) is 30.3 Å². The molecule has 4 heteroatoms. The van der Waals surface area contributed by atoms with Crippen molar-refractivity contribution in [1.29, 1.82) is 0 Å². The van der Waals surface area contributed by atoms with Crippen LogP contribution in [0.5, 0.6) is 0 Å². The third-order valence-electron chi connectivity index (χ3n) is 5.49. The van der Waals surface area contributed by atoms with E-state index >= 15 is 0 Å². The van der Waals surface area contributed by atoms with Gasteiger partial charge in [0.2, 0.25) is 0 Å². The Hall–Kier alpha value is -1.39. The Labute approximate surface area is 179 Å². The molecule has 0 fully saturated rings. The molecule has 0 unspecified atom stereocenters. The van der Waals surface area contributed by atoms with E-state index in [2.05, 4.69) is 51.7 Å². The van der Waals surface area contributed by atoms with E-state index in [0.717, 1.165) is 31.6 Å². The van der Waals surface area contributed by atoms with Gasteiger partial charge in [0, 0.05) is 25.7 Å². The number of rotatable bonds is 14. The second kappa shape index (κ2) is 11.1. The van der Waals surface area contributed by atoms with Gasteiger partial charge in [-0.1, -0.05) is 45.4 Å². The number of ether oxygens (including phenoxy) is 2. The number of Topliss-reactive ketones (excluding diaryl/α,β-unsaturated/α-hetero) is 1. The van der Waals surface area contributed by atoms with Crippen LogP contribution in [-0.2, 0) is 14.3 Å². The summed E-state index contributed by atoms with van der Waals surface area (Å²) in [4.78, 5) is 14.8. The summed E-state index contributed by atoms with van der Waals surface area (Å²) in [6.45, 7) is 16.6. The molecule has 0 saturated heterocycles.